The Bertz CT molecular complexity index is 3030. The van der Waals surface area contributed by atoms with Crippen LogP contribution in [0.3, 0.4) is 0 Å². The summed E-state index contributed by atoms with van der Waals surface area (Å²) < 4.78 is 11.5. The zero-order valence-corrected chi connectivity index (χ0v) is 41.5. The van der Waals surface area contributed by atoms with Crippen LogP contribution in [-0.2, 0) is 17.6 Å². The van der Waals surface area contributed by atoms with Crippen LogP contribution in [0.5, 0.6) is 11.5 Å². The lowest BCUT2D eigenvalue weighted by Crippen LogP contribution is -2.56. The van der Waals surface area contributed by atoms with Gasteiger partial charge in [-0.25, -0.2) is 9.59 Å². The van der Waals surface area contributed by atoms with Gasteiger partial charge in [-0.3, -0.25) is 4.79 Å². The summed E-state index contributed by atoms with van der Waals surface area (Å²) in [7, 11) is 0. The smallest absolute Gasteiger partial charge is 0.317 e. The molecule has 4 amide bonds. The Hall–Kier alpha value is -7.21. The van der Waals surface area contributed by atoms with Gasteiger partial charge in [0.2, 0.25) is 0 Å². The number of urea groups is 2. The Kier molecular flexibility index (Phi) is 14.2. The second kappa shape index (κ2) is 20.8. The molecule has 2 saturated heterocycles. The highest BCUT2D eigenvalue weighted by molar-refractivity contribution is 7.18. The van der Waals surface area contributed by atoms with Crippen LogP contribution in [0.15, 0.2) is 72.8 Å². The number of likely N-dealkylation sites (tertiary alicyclic amines) is 2. The van der Waals surface area contributed by atoms with Crippen molar-refractivity contribution in [1.82, 2.24) is 40.8 Å². The Morgan fingerprint density at radius 1 is 0.643 bits per heavy atom. The van der Waals surface area contributed by atoms with Gasteiger partial charge in [-0.05, 0) is 132 Å². The third-order valence-corrected chi connectivity index (χ3v) is 15.0. The predicted molar refractivity (Wildman–Crippen MR) is 268 cm³/mol. The van der Waals surface area contributed by atoms with Crippen molar-refractivity contribution in [1.29, 1.82) is 10.5 Å². The molecule has 4 heterocycles. The number of nitrogens with zero attached hydrogens (tertiary/aromatic N) is 8. The summed E-state index contributed by atoms with van der Waals surface area (Å²) in [5.74, 6) is 1.24. The highest BCUT2D eigenvalue weighted by Crippen LogP contribution is 2.42. The number of carbonyl (C=O) groups is 3. The summed E-state index contributed by atoms with van der Waals surface area (Å²) in [6.07, 6.45) is 5.58. The molecule has 2 aliphatic carbocycles. The van der Waals surface area contributed by atoms with Crippen LogP contribution in [0.25, 0.3) is 42.3 Å². The van der Waals surface area contributed by atoms with Gasteiger partial charge in [-0.1, -0.05) is 59.1 Å². The first-order valence-electron chi connectivity index (χ1n) is 23.8. The molecule has 70 heavy (non-hydrogen) atoms. The van der Waals surface area contributed by atoms with E-state index in [1.807, 2.05) is 69.0 Å². The number of fused-ring (bicyclic) bond motifs is 2. The fourth-order valence-corrected chi connectivity index (χ4v) is 11.2. The maximum Gasteiger partial charge on any atom is 0.317 e. The number of nitrogens with one attached hydrogen (secondary N) is 2. The summed E-state index contributed by atoms with van der Waals surface area (Å²) in [4.78, 5) is 40.3. The number of ketones is 1. The lowest BCUT2D eigenvalue weighted by Gasteiger charge is -2.38. The molecule has 2 aromatic heterocycles. The van der Waals surface area contributed by atoms with E-state index < -0.39 is 0 Å². The summed E-state index contributed by atoms with van der Waals surface area (Å²) in [5.41, 5.74) is 9.39. The monoisotopic (exact) mass is 974 g/mol. The van der Waals surface area contributed by atoms with Crippen molar-refractivity contribution in [3.63, 3.8) is 0 Å². The normalized spacial score (nSPS) is 16.9. The van der Waals surface area contributed by atoms with Crippen molar-refractivity contribution < 1.29 is 23.9 Å². The largest absolute Gasteiger partial charge is 0.490 e. The van der Waals surface area contributed by atoms with E-state index in [2.05, 4.69) is 61.4 Å². The molecule has 358 valence electrons. The van der Waals surface area contributed by atoms with E-state index >= 15 is 0 Å². The second-order valence-electron chi connectivity index (χ2n) is 18.5. The number of aromatic nitrogens is 4. The van der Waals surface area contributed by atoms with Gasteiger partial charge >= 0.3 is 12.1 Å². The van der Waals surface area contributed by atoms with Crippen LogP contribution in [0.1, 0.15) is 106 Å². The van der Waals surface area contributed by atoms with Crippen LogP contribution >= 0.6 is 22.7 Å². The molecule has 17 heteroatoms. The third kappa shape index (κ3) is 10.2. The maximum atomic E-state index is 12.7. The molecule has 2 fully saturated rings. The van der Waals surface area contributed by atoms with E-state index in [0.29, 0.717) is 35.7 Å². The number of rotatable bonds is 11. The Balaban J connectivity index is 0.000000174. The molecule has 15 nitrogen and oxygen atoms in total. The lowest BCUT2D eigenvalue weighted by molar-refractivity contribution is -0.124. The molecule has 0 unspecified atom stereocenters. The van der Waals surface area contributed by atoms with Gasteiger partial charge in [0.25, 0.3) is 0 Å². The summed E-state index contributed by atoms with van der Waals surface area (Å²) >= 11 is 2.99. The van der Waals surface area contributed by atoms with Gasteiger partial charge in [0, 0.05) is 48.4 Å². The zero-order chi connectivity index (χ0) is 49.1. The van der Waals surface area contributed by atoms with Crippen LogP contribution in [0, 0.1) is 28.6 Å². The minimum Gasteiger partial charge on any atom is -0.490 e. The molecule has 0 bridgehead atoms. The van der Waals surface area contributed by atoms with Gasteiger partial charge in [0.15, 0.2) is 0 Å². The van der Waals surface area contributed by atoms with E-state index in [1.54, 1.807) is 30.0 Å². The summed E-state index contributed by atoms with van der Waals surface area (Å²) in [6.45, 7) is 12.0. The van der Waals surface area contributed by atoms with E-state index in [4.69, 9.17) is 9.47 Å². The highest BCUT2D eigenvalue weighted by Gasteiger charge is 2.36. The zero-order valence-electron chi connectivity index (χ0n) is 39.8. The van der Waals surface area contributed by atoms with E-state index in [9.17, 15) is 24.9 Å². The van der Waals surface area contributed by atoms with Crippen molar-refractivity contribution in [2.24, 2.45) is 5.92 Å². The molecule has 0 radical (unpaired) electrons. The quantitative estimate of drug-likeness (QED) is 0.125. The van der Waals surface area contributed by atoms with Crippen molar-refractivity contribution >= 4 is 40.5 Å². The van der Waals surface area contributed by atoms with Crippen molar-refractivity contribution in [3.8, 4) is 65.9 Å². The van der Waals surface area contributed by atoms with E-state index in [1.165, 1.54) is 39.4 Å². The molecule has 10 rings (SSSR count). The molecular weight excluding hydrogens is 921 g/mol. The topological polar surface area (TPSA) is 199 Å². The van der Waals surface area contributed by atoms with Crippen molar-refractivity contribution in [2.75, 3.05) is 26.2 Å². The van der Waals surface area contributed by atoms with Gasteiger partial charge in [-0.15, -0.1) is 20.4 Å². The fourth-order valence-electron chi connectivity index (χ4n) is 9.42. The number of Topliss-reactive ketones (excluding diaryl/α,β-unsaturated/α-hetero) is 1. The first-order valence-corrected chi connectivity index (χ1v) is 25.5. The lowest BCUT2D eigenvalue weighted by atomic mass is 9.96. The minimum atomic E-state index is -0.118. The Labute approximate surface area is 415 Å². The predicted octanol–water partition coefficient (Wildman–Crippen LogP) is 10.1. The van der Waals surface area contributed by atoms with Gasteiger partial charge in [0.05, 0.1) is 41.3 Å². The number of amides is 4. The van der Waals surface area contributed by atoms with Crippen LogP contribution in [-0.4, -0.2) is 86.4 Å². The van der Waals surface area contributed by atoms with Crippen molar-refractivity contribution in [3.05, 3.63) is 106 Å². The molecule has 2 aliphatic heterocycles. The number of benzene rings is 4. The molecule has 0 saturated carbocycles. The molecule has 2 N–H and O–H groups in total. The van der Waals surface area contributed by atoms with Gasteiger partial charge in [-0.2, -0.15) is 10.5 Å². The SMILES string of the molecule is CC(=O)C1CN(C(=O)N[C@H]2CCc3c(-c4nnc(-c5ccc(OC(C)C)c(C#N)c5)s4)cccc32)C1.CC(C)Oc1ccc(-c2nnc(-c3cccc4c3CC[C@H]4NC(=O)N3CCCC3)s2)cc1C#N. The van der Waals surface area contributed by atoms with Crippen LogP contribution < -0.4 is 20.1 Å². The number of hydrogen-bond donors (Lipinski definition) is 2. The molecular formula is C53H54N10O5S2. The van der Waals surface area contributed by atoms with Gasteiger partial charge in [0.1, 0.15) is 49.5 Å². The third-order valence-electron chi connectivity index (χ3n) is 13.0. The van der Waals surface area contributed by atoms with E-state index in [0.717, 1.165) is 99.5 Å². The molecule has 4 aliphatic rings. The fraction of sp³-hybridized carbons (Fsp3) is 0.377. The molecule has 6 aromatic rings. The first kappa shape index (κ1) is 47.8. The maximum absolute atomic E-state index is 12.7. The minimum absolute atomic E-state index is 0.00443. The number of nitriles is 2. The van der Waals surface area contributed by atoms with Gasteiger partial charge < -0.3 is 29.9 Å². The Morgan fingerprint density at radius 3 is 1.51 bits per heavy atom. The molecule has 2 atom stereocenters. The number of carbonyl (C=O) groups excluding carboxylic acids is 3. The van der Waals surface area contributed by atoms with Crippen LogP contribution in [0.2, 0.25) is 0 Å². The molecule has 0 spiro atoms. The summed E-state index contributed by atoms with van der Waals surface area (Å²) in [5, 5.41) is 46.4. The Morgan fingerprint density at radius 2 is 1.09 bits per heavy atom. The average molecular weight is 975 g/mol. The highest BCUT2D eigenvalue weighted by atomic mass is 32.1. The first-order chi connectivity index (χ1) is 33.9. The van der Waals surface area contributed by atoms with Crippen molar-refractivity contribution in [2.45, 2.75) is 97.4 Å². The number of ether oxygens (including phenoxy) is 2. The second-order valence-corrected chi connectivity index (χ2v) is 20.5. The summed E-state index contributed by atoms with van der Waals surface area (Å²) in [6, 6.07) is 27.6. The van der Waals surface area contributed by atoms with E-state index in [-0.39, 0.29) is 48.1 Å². The van der Waals surface area contributed by atoms with Crippen LogP contribution in [0.4, 0.5) is 9.59 Å². The number of hydrogen-bond acceptors (Lipinski definition) is 13. The standard InChI is InChI=1S/C27H27N5O3S.C26H27N5O2S/c1-15(2)35-24-10-7-17(11-18(24)12-28)25-30-31-26(36-25)22-6-4-5-21-20(22)8-9-23(21)29-27(34)32-13-19(14-32)16(3)33;1-16(2)33-23-11-8-17(14-18(23)15-27)24-29-30-25(34-24)21-7-5-6-20-19(21)9-10-22(20)28-26(32)31-12-3-4-13-31/h4-7,10-11,15,19,23H,8-9,13-14H2,1-3H3,(H,29,34);5-8,11,14,16,22H,3-4,9-10,12-13H2,1-2H3,(H,28,32)/t23-;22-/m01/s1. The molecule has 4 aromatic carbocycles. The average Bonchev–Trinajstić information content (AvgIpc) is 4.20.